The van der Waals surface area contributed by atoms with Gasteiger partial charge in [-0.25, -0.2) is 0 Å². The summed E-state index contributed by atoms with van der Waals surface area (Å²) in [7, 11) is 1.63. The lowest BCUT2D eigenvalue weighted by atomic mass is 9.98. The van der Waals surface area contributed by atoms with E-state index in [9.17, 15) is 9.90 Å². The van der Waals surface area contributed by atoms with Gasteiger partial charge in [0.05, 0.1) is 12.0 Å². The van der Waals surface area contributed by atoms with E-state index in [0.29, 0.717) is 9.23 Å². The maximum Gasteiger partial charge on any atom is 0.263 e. The van der Waals surface area contributed by atoms with Gasteiger partial charge in [0.25, 0.3) is 5.91 Å². The van der Waals surface area contributed by atoms with Gasteiger partial charge in [-0.3, -0.25) is 4.79 Å². The van der Waals surface area contributed by atoms with Crippen molar-refractivity contribution in [2.45, 2.75) is 0 Å². The Morgan fingerprint density at radius 3 is 2.59 bits per heavy atom. The van der Waals surface area contributed by atoms with Crippen molar-refractivity contribution < 1.29 is 14.6 Å². The number of fused-ring (bicyclic) bond motifs is 1. The Morgan fingerprint density at radius 1 is 1.07 bits per heavy atom. The largest absolute Gasteiger partial charge is 0.508 e. The van der Waals surface area contributed by atoms with Crippen molar-refractivity contribution in [3.63, 3.8) is 0 Å². The van der Waals surface area contributed by atoms with Gasteiger partial charge in [0.2, 0.25) is 0 Å². The van der Waals surface area contributed by atoms with Gasteiger partial charge in [-0.1, -0.05) is 48.2 Å². The summed E-state index contributed by atoms with van der Waals surface area (Å²) >= 11 is 6.30. The molecule has 0 radical (unpaired) electrons. The molecule has 4 nitrogen and oxygen atoms in total. The molecule has 0 aromatic heterocycles. The number of methoxy groups -OCH3 is 1. The van der Waals surface area contributed by atoms with Crippen LogP contribution in [0.15, 0.2) is 59.5 Å². The van der Waals surface area contributed by atoms with Crippen LogP contribution < -0.4 is 10.1 Å². The minimum atomic E-state index is -0.173. The number of phenolic OH excluding ortho intramolecular Hbond substituents is 1. The molecule has 1 amide bonds. The standard InChI is InChI=1S/C21H15NO3S2/c1-25-18-7-2-12(9-19-20(24)22-21(26)27-19)8-17(18)15-4-3-14-11-16(23)6-5-13(14)10-15/h2-11,23H,1H3,(H,22,24,26)/b19-9-. The molecule has 6 heteroatoms. The predicted octanol–water partition coefficient (Wildman–Crippen LogP) is 4.71. The molecule has 0 saturated carbocycles. The lowest BCUT2D eigenvalue weighted by Crippen LogP contribution is -2.17. The summed E-state index contributed by atoms with van der Waals surface area (Å²) in [5.41, 5.74) is 2.80. The fraction of sp³-hybridized carbons (Fsp3) is 0.0476. The normalized spacial score (nSPS) is 15.4. The molecule has 0 spiro atoms. The number of rotatable bonds is 3. The number of thiocarbonyl (C=S) groups is 1. The summed E-state index contributed by atoms with van der Waals surface area (Å²) in [4.78, 5) is 12.5. The van der Waals surface area contributed by atoms with Crippen molar-refractivity contribution in [1.29, 1.82) is 0 Å². The Labute approximate surface area is 165 Å². The Hall–Kier alpha value is -2.83. The second kappa shape index (κ2) is 7.06. The molecule has 1 fully saturated rings. The van der Waals surface area contributed by atoms with Crippen molar-refractivity contribution in [3.05, 3.63) is 65.1 Å². The van der Waals surface area contributed by atoms with Crippen LogP contribution in [0.2, 0.25) is 0 Å². The van der Waals surface area contributed by atoms with E-state index in [1.165, 1.54) is 11.8 Å². The molecule has 3 aromatic carbocycles. The van der Waals surface area contributed by atoms with Gasteiger partial charge in [-0.2, -0.15) is 0 Å². The summed E-state index contributed by atoms with van der Waals surface area (Å²) < 4.78 is 6.00. The lowest BCUT2D eigenvalue weighted by molar-refractivity contribution is -0.115. The molecule has 1 aliphatic rings. The average Bonchev–Trinajstić information content (AvgIpc) is 2.98. The molecule has 0 atom stereocenters. The molecule has 27 heavy (non-hydrogen) atoms. The van der Waals surface area contributed by atoms with Gasteiger partial charge in [0.15, 0.2) is 0 Å². The van der Waals surface area contributed by atoms with Crippen molar-refractivity contribution in [2.75, 3.05) is 7.11 Å². The van der Waals surface area contributed by atoms with Crippen molar-refractivity contribution in [1.82, 2.24) is 5.32 Å². The number of hydrogen-bond acceptors (Lipinski definition) is 5. The van der Waals surface area contributed by atoms with E-state index in [-0.39, 0.29) is 11.7 Å². The molecule has 0 unspecified atom stereocenters. The van der Waals surface area contributed by atoms with E-state index in [1.54, 1.807) is 19.2 Å². The topological polar surface area (TPSA) is 58.6 Å². The number of phenols is 1. The number of benzene rings is 3. The fourth-order valence-corrected chi connectivity index (χ4v) is 4.06. The maximum atomic E-state index is 11.9. The van der Waals surface area contributed by atoms with Crippen LogP contribution in [0.1, 0.15) is 5.56 Å². The number of ether oxygens (including phenoxy) is 1. The summed E-state index contributed by atoms with van der Waals surface area (Å²) in [6.07, 6.45) is 1.82. The summed E-state index contributed by atoms with van der Waals surface area (Å²) in [6.45, 7) is 0. The van der Waals surface area contributed by atoms with Gasteiger partial charge >= 0.3 is 0 Å². The molecule has 134 valence electrons. The van der Waals surface area contributed by atoms with Crippen LogP contribution in [0.25, 0.3) is 28.0 Å². The van der Waals surface area contributed by atoms with Gasteiger partial charge in [0.1, 0.15) is 15.8 Å². The van der Waals surface area contributed by atoms with E-state index in [4.69, 9.17) is 17.0 Å². The van der Waals surface area contributed by atoms with Crippen LogP contribution in [0, 0.1) is 0 Å². The average molecular weight is 393 g/mol. The number of thioether (sulfide) groups is 1. The highest BCUT2D eigenvalue weighted by molar-refractivity contribution is 8.26. The molecule has 3 aromatic rings. The number of carbonyl (C=O) groups is 1. The molecule has 0 bridgehead atoms. The van der Waals surface area contributed by atoms with Crippen LogP contribution in [0.5, 0.6) is 11.5 Å². The minimum Gasteiger partial charge on any atom is -0.508 e. The smallest absolute Gasteiger partial charge is 0.263 e. The van der Waals surface area contributed by atoms with E-state index in [2.05, 4.69) is 11.4 Å². The highest BCUT2D eigenvalue weighted by Gasteiger charge is 2.22. The fourth-order valence-electron chi connectivity index (χ4n) is 3.01. The van der Waals surface area contributed by atoms with E-state index < -0.39 is 0 Å². The first kappa shape index (κ1) is 17.6. The zero-order chi connectivity index (χ0) is 19.0. The van der Waals surface area contributed by atoms with Crippen LogP contribution in [0.3, 0.4) is 0 Å². The predicted molar refractivity (Wildman–Crippen MR) is 114 cm³/mol. The zero-order valence-electron chi connectivity index (χ0n) is 14.4. The van der Waals surface area contributed by atoms with Gasteiger partial charge < -0.3 is 15.2 Å². The molecule has 0 aliphatic carbocycles. The third-order valence-electron chi connectivity index (χ3n) is 4.30. The van der Waals surface area contributed by atoms with Crippen LogP contribution >= 0.6 is 24.0 Å². The third-order valence-corrected chi connectivity index (χ3v) is 5.46. The summed E-state index contributed by atoms with van der Waals surface area (Å²) in [5, 5.41) is 14.2. The monoisotopic (exact) mass is 393 g/mol. The molecule has 1 heterocycles. The lowest BCUT2D eigenvalue weighted by Gasteiger charge is -2.11. The Balaban J connectivity index is 1.80. The van der Waals surface area contributed by atoms with Gasteiger partial charge in [-0.15, -0.1) is 0 Å². The van der Waals surface area contributed by atoms with Crippen molar-refractivity contribution >= 4 is 51.1 Å². The van der Waals surface area contributed by atoms with Gasteiger partial charge in [0, 0.05) is 5.56 Å². The first-order valence-corrected chi connectivity index (χ1v) is 9.42. The second-order valence-electron chi connectivity index (χ2n) is 6.06. The van der Waals surface area contributed by atoms with E-state index >= 15 is 0 Å². The molecular weight excluding hydrogens is 378 g/mol. The number of hydrogen-bond donors (Lipinski definition) is 2. The van der Waals surface area contributed by atoms with E-state index in [0.717, 1.165) is 33.2 Å². The number of carbonyl (C=O) groups excluding carboxylic acids is 1. The third kappa shape index (κ3) is 3.54. The number of amides is 1. The zero-order valence-corrected chi connectivity index (χ0v) is 16.0. The van der Waals surface area contributed by atoms with Crippen LogP contribution in [0.4, 0.5) is 0 Å². The minimum absolute atomic E-state index is 0.173. The molecule has 1 aliphatic heterocycles. The molecular formula is C21H15NO3S2. The Bertz CT molecular complexity index is 1120. The van der Waals surface area contributed by atoms with Gasteiger partial charge in [-0.05, 0) is 58.3 Å². The van der Waals surface area contributed by atoms with Crippen molar-refractivity contribution in [3.8, 4) is 22.6 Å². The SMILES string of the molecule is COc1ccc(/C=C2\SC(=S)NC2=O)cc1-c1ccc2cc(O)ccc2c1. The Morgan fingerprint density at radius 2 is 1.85 bits per heavy atom. The molecule has 2 N–H and O–H groups in total. The van der Waals surface area contributed by atoms with Crippen LogP contribution in [-0.2, 0) is 4.79 Å². The van der Waals surface area contributed by atoms with Crippen LogP contribution in [-0.4, -0.2) is 22.4 Å². The second-order valence-corrected chi connectivity index (χ2v) is 7.78. The first-order valence-electron chi connectivity index (χ1n) is 8.19. The molecule has 1 saturated heterocycles. The maximum absolute atomic E-state index is 11.9. The summed E-state index contributed by atoms with van der Waals surface area (Å²) in [5.74, 6) is 0.814. The first-order chi connectivity index (χ1) is 13.0. The quantitative estimate of drug-likeness (QED) is 0.499. The number of aromatic hydroxyl groups is 1. The number of nitrogens with one attached hydrogen (secondary N) is 1. The highest BCUT2D eigenvalue weighted by Crippen LogP contribution is 2.35. The molecule has 4 rings (SSSR count). The summed E-state index contributed by atoms with van der Waals surface area (Å²) in [6, 6.07) is 17.1. The highest BCUT2D eigenvalue weighted by atomic mass is 32.2. The van der Waals surface area contributed by atoms with Crippen molar-refractivity contribution in [2.24, 2.45) is 0 Å². The Kier molecular flexibility index (Phi) is 4.59. The van der Waals surface area contributed by atoms with E-state index in [1.807, 2.05) is 42.5 Å².